The number of fused-ring (bicyclic) bond motifs is 1. The van der Waals surface area contributed by atoms with Crippen LogP contribution >= 0.6 is 23.4 Å². The number of hydrogen-bond acceptors (Lipinski definition) is 5. The molecule has 0 radical (unpaired) electrons. The molecule has 6 heteroatoms. The van der Waals surface area contributed by atoms with Crippen molar-refractivity contribution in [1.29, 1.82) is 5.26 Å². The minimum atomic E-state index is -0.565. The number of carbonyl (C=O) groups is 1. The van der Waals surface area contributed by atoms with Gasteiger partial charge in [-0.05, 0) is 11.6 Å². The number of nitrogens with zero attached hydrogens (tertiary/aromatic N) is 1. The van der Waals surface area contributed by atoms with Crippen molar-refractivity contribution in [3.05, 3.63) is 87.4 Å². The molecule has 0 spiro atoms. The van der Waals surface area contributed by atoms with Gasteiger partial charge >= 0.3 is 0 Å². The highest BCUT2D eigenvalue weighted by atomic mass is 35.5. The van der Waals surface area contributed by atoms with E-state index in [4.69, 9.17) is 22.1 Å². The average molecular weight is 395 g/mol. The monoisotopic (exact) mass is 394 g/mol. The number of ether oxygens (including phenoxy) is 1. The van der Waals surface area contributed by atoms with Gasteiger partial charge in [0.1, 0.15) is 5.76 Å². The second kappa shape index (κ2) is 7.15. The largest absolute Gasteiger partial charge is 0.478 e. The Labute approximate surface area is 166 Å². The quantitative estimate of drug-likeness (QED) is 0.814. The predicted octanol–water partition coefficient (Wildman–Crippen LogP) is 4.45. The fourth-order valence-corrected chi connectivity index (χ4v) is 4.88. The molecule has 0 aromatic heterocycles. The van der Waals surface area contributed by atoms with Gasteiger partial charge in [-0.1, -0.05) is 71.9 Å². The summed E-state index contributed by atoms with van der Waals surface area (Å²) in [6.45, 7) is 0. The number of thioether (sulfide) groups is 1. The van der Waals surface area contributed by atoms with Crippen molar-refractivity contribution in [3.63, 3.8) is 0 Å². The van der Waals surface area contributed by atoms with Gasteiger partial charge < -0.3 is 10.5 Å². The Morgan fingerprint density at radius 1 is 1.11 bits per heavy atom. The van der Waals surface area contributed by atoms with Crippen LogP contribution in [0.4, 0.5) is 0 Å². The molecule has 27 heavy (non-hydrogen) atoms. The van der Waals surface area contributed by atoms with Gasteiger partial charge in [0.05, 0.1) is 22.6 Å². The third-order valence-corrected chi connectivity index (χ3v) is 6.18. The van der Waals surface area contributed by atoms with E-state index in [9.17, 15) is 10.1 Å². The Hall–Kier alpha value is -2.68. The predicted molar refractivity (Wildman–Crippen MR) is 106 cm³/mol. The fraction of sp³-hybridized carbons (Fsp3) is 0.143. The molecular weight excluding hydrogens is 380 g/mol. The molecule has 3 atom stereocenters. The van der Waals surface area contributed by atoms with Crippen LogP contribution in [0.1, 0.15) is 17.0 Å². The van der Waals surface area contributed by atoms with Crippen molar-refractivity contribution < 1.29 is 9.53 Å². The lowest BCUT2D eigenvalue weighted by molar-refractivity contribution is -0.121. The normalized spacial score (nSPS) is 24.5. The molecule has 0 amide bonds. The van der Waals surface area contributed by atoms with E-state index in [2.05, 4.69) is 6.07 Å². The van der Waals surface area contributed by atoms with Gasteiger partial charge in [0.25, 0.3) is 0 Å². The van der Waals surface area contributed by atoms with Gasteiger partial charge in [-0.2, -0.15) is 5.26 Å². The summed E-state index contributed by atoms with van der Waals surface area (Å²) in [4.78, 5) is 13.1. The topological polar surface area (TPSA) is 76.1 Å². The zero-order valence-electron chi connectivity index (χ0n) is 14.1. The highest BCUT2D eigenvalue weighted by Crippen LogP contribution is 2.51. The van der Waals surface area contributed by atoms with E-state index in [1.807, 2.05) is 48.5 Å². The molecule has 2 heterocycles. The summed E-state index contributed by atoms with van der Waals surface area (Å²) in [5.74, 6) is -0.677. The zero-order chi connectivity index (χ0) is 19.0. The Bertz CT molecular complexity index is 1010. The van der Waals surface area contributed by atoms with Crippen molar-refractivity contribution in [2.24, 2.45) is 11.7 Å². The van der Waals surface area contributed by atoms with Crippen LogP contribution in [0.15, 0.2) is 71.3 Å². The molecule has 2 aliphatic heterocycles. The highest BCUT2D eigenvalue weighted by Gasteiger charge is 2.47. The fourth-order valence-electron chi connectivity index (χ4n) is 3.49. The Morgan fingerprint density at radius 3 is 2.52 bits per heavy atom. The number of nitrogens with two attached hydrogens (primary N) is 1. The molecule has 2 aliphatic rings. The first-order valence-electron chi connectivity index (χ1n) is 8.38. The van der Waals surface area contributed by atoms with Gasteiger partial charge in [-0.15, -0.1) is 0 Å². The Balaban J connectivity index is 1.81. The van der Waals surface area contributed by atoms with Gasteiger partial charge in [0.15, 0.2) is 11.2 Å². The first kappa shape index (κ1) is 17.7. The lowest BCUT2D eigenvalue weighted by Crippen LogP contribution is -2.40. The second-order valence-electron chi connectivity index (χ2n) is 6.30. The van der Waals surface area contributed by atoms with Crippen LogP contribution in [-0.4, -0.2) is 11.2 Å². The number of carbonyl (C=O) groups excluding carboxylic acids is 1. The maximum atomic E-state index is 13.1. The second-order valence-corrected chi connectivity index (χ2v) is 7.84. The number of rotatable bonds is 2. The molecule has 2 N–H and O–H groups in total. The molecule has 134 valence electrons. The zero-order valence-corrected chi connectivity index (χ0v) is 15.7. The lowest BCUT2D eigenvalue weighted by Gasteiger charge is -2.39. The third-order valence-electron chi connectivity index (χ3n) is 4.74. The van der Waals surface area contributed by atoms with Crippen LogP contribution in [0.2, 0.25) is 5.02 Å². The molecule has 0 bridgehead atoms. The molecule has 4 rings (SSSR count). The summed E-state index contributed by atoms with van der Waals surface area (Å²) in [6, 6.07) is 18.8. The van der Waals surface area contributed by atoms with Crippen molar-refractivity contribution >= 4 is 34.9 Å². The summed E-state index contributed by atoms with van der Waals surface area (Å²) in [5, 5.41) is 10.5. The van der Waals surface area contributed by atoms with E-state index >= 15 is 0 Å². The number of allylic oxidation sites excluding steroid dienone is 2. The Morgan fingerprint density at radius 2 is 1.81 bits per heavy atom. The molecule has 0 fully saturated rings. The van der Waals surface area contributed by atoms with Crippen molar-refractivity contribution in [1.82, 2.24) is 0 Å². The van der Waals surface area contributed by atoms with Crippen LogP contribution in [0, 0.1) is 17.2 Å². The maximum absolute atomic E-state index is 13.1. The van der Waals surface area contributed by atoms with Gasteiger partial charge in [0.2, 0.25) is 0 Å². The SMILES string of the molecule is N#CC1=C(N)SC2OC(c3ccccc3)=CC(=O)C2C1c1ccccc1Cl. The molecule has 2 aromatic rings. The van der Waals surface area contributed by atoms with E-state index in [0.29, 0.717) is 26.9 Å². The van der Waals surface area contributed by atoms with E-state index in [-0.39, 0.29) is 5.78 Å². The minimum Gasteiger partial charge on any atom is -0.478 e. The van der Waals surface area contributed by atoms with Gasteiger partial charge in [-0.25, -0.2) is 0 Å². The van der Waals surface area contributed by atoms with E-state index in [0.717, 1.165) is 5.56 Å². The number of halogens is 1. The summed E-state index contributed by atoms with van der Waals surface area (Å²) < 4.78 is 6.14. The lowest BCUT2D eigenvalue weighted by atomic mass is 9.77. The van der Waals surface area contributed by atoms with Crippen molar-refractivity contribution in [3.8, 4) is 6.07 Å². The molecular formula is C21H15ClN2O2S. The summed E-state index contributed by atoms with van der Waals surface area (Å²) in [7, 11) is 0. The maximum Gasteiger partial charge on any atom is 0.168 e. The first-order valence-corrected chi connectivity index (χ1v) is 9.64. The molecule has 0 saturated heterocycles. The van der Waals surface area contributed by atoms with Gasteiger partial charge in [-0.3, -0.25) is 4.79 Å². The van der Waals surface area contributed by atoms with E-state index < -0.39 is 17.3 Å². The summed E-state index contributed by atoms with van der Waals surface area (Å²) >= 11 is 7.60. The molecule has 4 nitrogen and oxygen atoms in total. The summed E-state index contributed by atoms with van der Waals surface area (Å²) in [5.41, 5.74) is 7.55. The number of hydrogen-bond donors (Lipinski definition) is 1. The molecule has 3 unspecified atom stereocenters. The van der Waals surface area contributed by atoms with Crippen molar-refractivity contribution in [2.45, 2.75) is 11.4 Å². The smallest absolute Gasteiger partial charge is 0.168 e. The first-order chi connectivity index (χ1) is 13.1. The summed E-state index contributed by atoms with van der Waals surface area (Å²) in [6.07, 6.45) is 1.51. The molecule has 0 saturated carbocycles. The van der Waals surface area contributed by atoms with Crippen LogP contribution in [0.5, 0.6) is 0 Å². The van der Waals surface area contributed by atoms with Crippen LogP contribution in [0.3, 0.4) is 0 Å². The number of benzene rings is 2. The van der Waals surface area contributed by atoms with Crippen LogP contribution in [0.25, 0.3) is 5.76 Å². The van der Waals surface area contributed by atoms with E-state index in [1.54, 1.807) is 6.07 Å². The standard InChI is InChI=1S/C21H15ClN2O2S/c22-15-9-5-4-8-13(15)18-14(11-23)20(24)27-21-19(18)16(25)10-17(26-21)12-6-2-1-3-7-12/h1-10,18-19,21H,24H2. The van der Waals surface area contributed by atoms with E-state index in [1.165, 1.54) is 17.8 Å². The number of nitriles is 1. The third kappa shape index (κ3) is 3.12. The Kier molecular flexibility index (Phi) is 4.69. The number of ketones is 1. The highest BCUT2D eigenvalue weighted by molar-refractivity contribution is 8.03. The molecule has 0 aliphatic carbocycles. The van der Waals surface area contributed by atoms with Crippen molar-refractivity contribution in [2.75, 3.05) is 0 Å². The average Bonchev–Trinajstić information content (AvgIpc) is 2.68. The van der Waals surface area contributed by atoms with Crippen LogP contribution in [-0.2, 0) is 9.53 Å². The minimum absolute atomic E-state index is 0.0947. The van der Waals surface area contributed by atoms with Gasteiger partial charge in [0, 0.05) is 22.6 Å². The van der Waals surface area contributed by atoms with Crippen LogP contribution < -0.4 is 5.73 Å². The molecule has 2 aromatic carbocycles.